The van der Waals surface area contributed by atoms with Gasteiger partial charge < -0.3 is 4.98 Å². The fourth-order valence-electron chi connectivity index (χ4n) is 0.931. The van der Waals surface area contributed by atoms with Gasteiger partial charge in [-0.2, -0.15) is 0 Å². The zero-order valence-electron chi connectivity index (χ0n) is 5.90. The fraction of sp³-hybridized carbons (Fsp3) is 0.167. The summed E-state index contributed by atoms with van der Waals surface area (Å²) in [6.45, 7) is 0. The third kappa shape index (κ3) is 0.739. The first kappa shape index (κ1) is 6.09. The van der Waals surface area contributed by atoms with Gasteiger partial charge in [0.05, 0.1) is 12.5 Å². The average molecular weight is 150 g/mol. The lowest BCUT2D eigenvalue weighted by Crippen LogP contribution is -2.16. The maximum atomic E-state index is 11.0. The maximum absolute atomic E-state index is 11.0. The highest BCUT2D eigenvalue weighted by molar-refractivity contribution is 5.64. The first-order valence-corrected chi connectivity index (χ1v) is 3.14. The van der Waals surface area contributed by atoms with Gasteiger partial charge in [-0.15, -0.1) is 0 Å². The monoisotopic (exact) mass is 150 g/mol. The zero-order valence-corrected chi connectivity index (χ0v) is 5.90. The molecule has 0 radical (unpaired) electrons. The Morgan fingerprint density at radius 2 is 2.36 bits per heavy atom. The van der Waals surface area contributed by atoms with E-state index in [4.69, 9.17) is 0 Å². The number of fused-ring (bicyclic) bond motifs is 1. The van der Waals surface area contributed by atoms with E-state index in [2.05, 4.69) is 15.0 Å². The number of aromatic amines is 1. The lowest BCUT2D eigenvalue weighted by Gasteiger charge is -1.94. The molecule has 0 saturated carbocycles. The Balaban J connectivity index is 3.04. The smallest absolute Gasteiger partial charge is 0.270 e. The van der Waals surface area contributed by atoms with E-state index in [0.717, 1.165) is 0 Å². The second kappa shape index (κ2) is 1.91. The number of H-pyrrole nitrogens is 1. The summed E-state index contributed by atoms with van der Waals surface area (Å²) in [7, 11) is 1.66. The predicted octanol–water partition coefficient (Wildman–Crippen LogP) is -0.343. The summed E-state index contributed by atoms with van der Waals surface area (Å²) in [5.41, 5.74) is 1.06. The molecule has 0 unspecified atom stereocenters. The first-order valence-electron chi connectivity index (χ1n) is 3.14. The molecule has 2 aromatic heterocycles. The van der Waals surface area contributed by atoms with Crippen LogP contribution in [0.4, 0.5) is 0 Å². The summed E-state index contributed by atoms with van der Waals surface area (Å²) >= 11 is 0. The molecule has 0 aliphatic heterocycles. The van der Waals surface area contributed by atoms with E-state index < -0.39 is 0 Å². The van der Waals surface area contributed by atoms with E-state index in [-0.39, 0.29) is 5.56 Å². The van der Waals surface area contributed by atoms with Gasteiger partial charge in [-0.1, -0.05) is 0 Å². The summed E-state index contributed by atoms with van der Waals surface area (Å²) in [5.74, 6) is 0. The van der Waals surface area contributed by atoms with E-state index in [0.29, 0.717) is 11.3 Å². The largest absolute Gasteiger partial charge is 0.328 e. The number of aromatic nitrogens is 4. The molecule has 0 aliphatic rings. The van der Waals surface area contributed by atoms with Crippen molar-refractivity contribution >= 4 is 11.3 Å². The lowest BCUT2D eigenvalue weighted by atomic mass is 10.6. The van der Waals surface area contributed by atoms with Crippen LogP contribution in [0.3, 0.4) is 0 Å². The van der Waals surface area contributed by atoms with E-state index in [1.54, 1.807) is 7.05 Å². The van der Waals surface area contributed by atoms with Crippen LogP contribution in [-0.2, 0) is 7.05 Å². The number of imidazole rings is 1. The average Bonchev–Trinajstić information content (AvgIpc) is 2.45. The van der Waals surface area contributed by atoms with Crippen LogP contribution in [0, 0.1) is 0 Å². The Morgan fingerprint density at radius 1 is 1.55 bits per heavy atom. The summed E-state index contributed by atoms with van der Waals surface area (Å²) in [4.78, 5) is 21.6. The normalized spacial score (nSPS) is 10.6. The molecular weight excluding hydrogens is 144 g/mol. The van der Waals surface area contributed by atoms with Gasteiger partial charge in [-0.05, 0) is 0 Å². The van der Waals surface area contributed by atoms with Crippen LogP contribution < -0.4 is 5.56 Å². The topological polar surface area (TPSA) is 63.6 Å². The highest BCUT2D eigenvalue weighted by Gasteiger charge is 2.00. The summed E-state index contributed by atoms with van der Waals surface area (Å²) in [6, 6.07) is 0. The maximum Gasteiger partial charge on any atom is 0.270 e. The van der Waals surface area contributed by atoms with Gasteiger partial charge in [-0.3, -0.25) is 9.36 Å². The highest BCUT2D eigenvalue weighted by Crippen LogP contribution is 1.98. The quantitative estimate of drug-likeness (QED) is 0.558. The minimum Gasteiger partial charge on any atom is -0.328 e. The van der Waals surface area contributed by atoms with Gasteiger partial charge in [0.2, 0.25) is 0 Å². The molecule has 0 atom stereocenters. The Labute approximate surface area is 61.7 Å². The minimum atomic E-state index is -0.149. The van der Waals surface area contributed by atoms with Gasteiger partial charge in [0.15, 0.2) is 11.3 Å². The van der Waals surface area contributed by atoms with Crippen molar-refractivity contribution in [3.05, 3.63) is 22.9 Å². The van der Waals surface area contributed by atoms with Gasteiger partial charge >= 0.3 is 0 Å². The molecular formula is C6H6N4O. The molecule has 2 rings (SSSR count). The molecule has 2 heterocycles. The van der Waals surface area contributed by atoms with Crippen molar-refractivity contribution in [2.24, 2.45) is 7.05 Å². The van der Waals surface area contributed by atoms with Crippen molar-refractivity contribution < 1.29 is 0 Å². The molecule has 0 aliphatic carbocycles. The van der Waals surface area contributed by atoms with E-state index in [1.807, 2.05) is 0 Å². The highest BCUT2D eigenvalue weighted by atomic mass is 16.1. The van der Waals surface area contributed by atoms with Gasteiger partial charge in [0.25, 0.3) is 5.56 Å². The minimum absolute atomic E-state index is 0.149. The molecule has 1 N–H and O–H groups in total. The van der Waals surface area contributed by atoms with Crippen LogP contribution >= 0.6 is 0 Å². The number of nitrogens with one attached hydrogen (secondary N) is 1. The van der Waals surface area contributed by atoms with Crippen molar-refractivity contribution in [3.8, 4) is 0 Å². The third-order valence-electron chi connectivity index (χ3n) is 1.55. The molecule has 0 saturated heterocycles. The second-order valence-corrected chi connectivity index (χ2v) is 2.23. The molecule has 11 heavy (non-hydrogen) atoms. The van der Waals surface area contributed by atoms with Gasteiger partial charge in [-0.25, -0.2) is 9.97 Å². The van der Waals surface area contributed by atoms with E-state index in [1.165, 1.54) is 17.1 Å². The van der Waals surface area contributed by atoms with Crippen molar-refractivity contribution in [1.29, 1.82) is 0 Å². The molecule has 5 heteroatoms. The van der Waals surface area contributed by atoms with Crippen LogP contribution in [0.15, 0.2) is 17.3 Å². The molecule has 0 amide bonds. The predicted molar refractivity (Wildman–Crippen MR) is 39.1 cm³/mol. The molecule has 0 aromatic carbocycles. The Bertz CT molecular complexity index is 441. The van der Waals surface area contributed by atoms with Crippen LogP contribution in [-0.4, -0.2) is 19.5 Å². The molecule has 5 nitrogen and oxygen atoms in total. The number of hydrogen-bond acceptors (Lipinski definition) is 3. The number of hydrogen-bond donors (Lipinski definition) is 1. The standard InChI is InChI=1S/C6H6N4O/c1-10-4(11)2-7-5-6(10)9-3-8-5/h2-3H,1H3,(H,8,9). The first-order chi connectivity index (χ1) is 5.29. The second-order valence-electron chi connectivity index (χ2n) is 2.23. The van der Waals surface area contributed by atoms with E-state index >= 15 is 0 Å². The Kier molecular flexibility index (Phi) is 1.06. The summed E-state index contributed by atoms with van der Waals surface area (Å²) < 4.78 is 1.44. The third-order valence-corrected chi connectivity index (χ3v) is 1.55. The lowest BCUT2D eigenvalue weighted by molar-refractivity contribution is 0.878. The van der Waals surface area contributed by atoms with Crippen LogP contribution in [0.25, 0.3) is 11.3 Å². The molecule has 2 aromatic rings. The van der Waals surface area contributed by atoms with Crippen molar-refractivity contribution in [2.45, 2.75) is 0 Å². The van der Waals surface area contributed by atoms with Crippen molar-refractivity contribution in [2.75, 3.05) is 0 Å². The summed E-state index contributed by atoms with van der Waals surface area (Å²) in [5, 5.41) is 0. The Hall–Kier alpha value is -1.65. The SMILES string of the molecule is Cn1c(=O)cnc2[nH]cnc21. The molecule has 0 spiro atoms. The van der Waals surface area contributed by atoms with Gasteiger partial charge in [0.1, 0.15) is 0 Å². The Morgan fingerprint density at radius 3 is 3.18 bits per heavy atom. The summed E-state index contributed by atoms with van der Waals surface area (Å²) in [6.07, 6.45) is 2.78. The van der Waals surface area contributed by atoms with Gasteiger partial charge in [0, 0.05) is 7.05 Å². The number of rotatable bonds is 0. The van der Waals surface area contributed by atoms with Crippen LogP contribution in [0.1, 0.15) is 0 Å². The zero-order chi connectivity index (χ0) is 7.84. The van der Waals surface area contributed by atoms with Crippen LogP contribution in [0.2, 0.25) is 0 Å². The van der Waals surface area contributed by atoms with Crippen LogP contribution in [0.5, 0.6) is 0 Å². The van der Waals surface area contributed by atoms with E-state index in [9.17, 15) is 4.79 Å². The molecule has 0 fully saturated rings. The van der Waals surface area contributed by atoms with Crippen molar-refractivity contribution in [1.82, 2.24) is 19.5 Å². The molecule has 56 valence electrons. The molecule has 0 bridgehead atoms. The fourth-order valence-corrected chi connectivity index (χ4v) is 0.931. The number of nitrogens with zero attached hydrogens (tertiary/aromatic N) is 3. The van der Waals surface area contributed by atoms with Crippen molar-refractivity contribution in [3.63, 3.8) is 0 Å². The number of aryl methyl sites for hydroxylation is 1.